The van der Waals surface area contributed by atoms with E-state index in [9.17, 15) is 0 Å². The summed E-state index contributed by atoms with van der Waals surface area (Å²) in [6.45, 7) is 23.9. The van der Waals surface area contributed by atoms with Crippen LogP contribution in [-0.4, -0.2) is 25.9 Å². The van der Waals surface area contributed by atoms with Crippen LogP contribution < -0.4 is 18.9 Å². The van der Waals surface area contributed by atoms with Crippen LogP contribution in [0.3, 0.4) is 0 Å². The van der Waals surface area contributed by atoms with Gasteiger partial charge in [-0.15, -0.1) is 0 Å². The van der Waals surface area contributed by atoms with Gasteiger partial charge in [-0.05, 0) is 152 Å². The SMILES string of the molecule is C=C(/C=C\C(Br)=C/C)/C=C/c1ccc2c(c1)C1(c3cc(/C=C/c4ccc(Br)cc4)ccc3-2)c2cc(OCC(C)CC)c(OCC(C)CC)cc2-c2cc3c(cc21)OCC(CC)C(C(C)CC)O3. The van der Waals surface area contributed by atoms with E-state index in [-0.39, 0.29) is 12.0 Å². The Balaban J connectivity index is 1.41. The molecule has 6 unspecified atom stereocenters. The average Bonchev–Trinajstić information content (AvgIpc) is 3.70. The molecule has 0 N–H and O–H groups in total. The topological polar surface area (TPSA) is 36.9 Å². The van der Waals surface area contributed by atoms with Gasteiger partial charge in [0.2, 0.25) is 0 Å². The van der Waals surface area contributed by atoms with Gasteiger partial charge in [-0.25, -0.2) is 0 Å². The molecule has 0 bridgehead atoms. The van der Waals surface area contributed by atoms with Gasteiger partial charge in [0.1, 0.15) is 6.10 Å². The largest absolute Gasteiger partial charge is 0.489 e. The maximum Gasteiger partial charge on any atom is 0.162 e. The predicted octanol–water partition coefficient (Wildman–Crippen LogP) is 17.4. The molecule has 1 spiro atoms. The van der Waals surface area contributed by atoms with E-state index >= 15 is 0 Å². The normalized spacial score (nSPS) is 19.6. The van der Waals surface area contributed by atoms with Crippen molar-refractivity contribution in [2.45, 2.75) is 92.6 Å². The van der Waals surface area contributed by atoms with Crippen molar-refractivity contribution in [2.75, 3.05) is 19.8 Å². The lowest BCUT2D eigenvalue weighted by molar-refractivity contribution is 0.0714. The Kier molecular flexibility index (Phi) is 15.2. The first kappa shape index (κ1) is 48.4. The third kappa shape index (κ3) is 9.81. The molecule has 6 heteroatoms. The summed E-state index contributed by atoms with van der Waals surface area (Å²) in [7, 11) is 0. The van der Waals surface area contributed by atoms with Crippen LogP contribution in [0.4, 0.5) is 0 Å². The maximum absolute atomic E-state index is 7.16. The molecule has 0 saturated heterocycles. The monoisotopic (exact) mass is 1020 g/mol. The van der Waals surface area contributed by atoms with E-state index in [1.165, 1.54) is 33.4 Å². The lowest BCUT2D eigenvalue weighted by atomic mass is 9.70. The zero-order valence-corrected chi connectivity index (χ0v) is 43.7. The molecule has 0 fully saturated rings. The van der Waals surface area contributed by atoms with Crippen molar-refractivity contribution >= 4 is 50.1 Å². The highest BCUT2D eigenvalue weighted by Crippen LogP contribution is 2.65. The first-order valence-corrected chi connectivity index (χ1v) is 26.0. The molecule has 2 aliphatic carbocycles. The number of halogens is 2. The molecule has 0 radical (unpaired) electrons. The second kappa shape index (κ2) is 21.1. The number of allylic oxidation sites excluding steroid dienone is 6. The molecular weight excluding hydrogens is 956 g/mol. The standard InChI is InChI=1S/C61H66Br2O4/c1-10-38(6)35-64-56-31-50-51-32-59-58(66-37-45(13-4)60(67-59)41(9)12-3)34-55(51)61(54(50)33-57(56)65-36-39(7)11-2)52-29-43(17-15-40(8)16-24-46(62)14-5)22-27-48(52)49-28-23-44(30-53(49)61)19-18-42-20-25-47(63)26-21-42/h14-34,38-39,41,45,60H,8,10-13,35-37H2,1-7,9H3/b17-15+,19-18+,24-16-,46-14+. The summed E-state index contributed by atoms with van der Waals surface area (Å²) in [5.41, 5.74) is 13.0. The van der Waals surface area contributed by atoms with E-state index in [2.05, 4.69) is 196 Å². The average molecular weight is 1020 g/mol. The lowest BCUT2D eigenvalue weighted by Crippen LogP contribution is -2.34. The second-order valence-electron chi connectivity index (χ2n) is 18.9. The van der Waals surface area contributed by atoms with Crippen molar-refractivity contribution in [3.05, 3.63) is 169 Å². The Bertz CT molecular complexity index is 2740. The summed E-state index contributed by atoms with van der Waals surface area (Å²) in [5, 5.41) is 0. The van der Waals surface area contributed by atoms with E-state index in [0.717, 1.165) is 91.0 Å². The third-order valence-electron chi connectivity index (χ3n) is 14.4. The van der Waals surface area contributed by atoms with Gasteiger partial charge in [0.15, 0.2) is 23.0 Å². The van der Waals surface area contributed by atoms with Crippen LogP contribution in [0, 0.1) is 23.7 Å². The minimum absolute atomic E-state index is 0.0425. The summed E-state index contributed by atoms with van der Waals surface area (Å²) in [5.74, 6) is 4.57. The van der Waals surface area contributed by atoms with Gasteiger partial charge >= 0.3 is 0 Å². The summed E-state index contributed by atoms with van der Waals surface area (Å²) in [6.07, 6.45) is 18.9. The molecule has 0 saturated carbocycles. The van der Waals surface area contributed by atoms with Crippen molar-refractivity contribution in [1.29, 1.82) is 0 Å². The highest BCUT2D eigenvalue weighted by molar-refractivity contribution is 9.12. The van der Waals surface area contributed by atoms with Gasteiger partial charge in [-0.1, -0.05) is 179 Å². The fourth-order valence-corrected chi connectivity index (χ4v) is 10.0. The fraction of sp³-hybridized carbons (Fsp3) is 0.344. The van der Waals surface area contributed by atoms with Crippen molar-refractivity contribution in [3.8, 4) is 45.3 Å². The van der Waals surface area contributed by atoms with Crippen LogP contribution in [-0.2, 0) is 5.41 Å². The Labute approximate surface area is 417 Å². The van der Waals surface area contributed by atoms with Gasteiger partial charge in [-0.3, -0.25) is 0 Å². The van der Waals surface area contributed by atoms with Crippen LogP contribution >= 0.6 is 31.9 Å². The lowest BCUT2D eigenvalue weighted by Gasteiger charge is -2.32. The first-order valence-electron chi connectivity index (χ1n) is 24.4. The molecule has 3 aliphatic rings. The number of fused-ring (bicyclic) bond motifs is 11. The van der Waals surface area contributed by atoms with Crippen LogP contribution in [0.15, 0.2) is 130 Å². The van der Waals surface area contributed by atoms with Gasteiger partial charge in [0, 0.05) is 14.9 Å². The highest BCUT2D eigenvalue weighted by atomic mass is 79.9. The molecule has 5 aromatic rings. The molecule has 67 heavy (non-hydrogen) atoms. The molecule has 0 amide bonds. The first-order chi connectivity index (χ1) is 32.4. The summed E-state index contributed by atoms with van der Waals surface area (Å²) < 4.78 is 29.8. The van der Waals surface area contributed by atoms with Gasteiger partial charge in [-0.2, -0.15) is 0 Å². The molecule has 5 aromatic carbocycles. The van der Waals surface area contributed by atoms with E-state index in [1.807, 2.05) is 25.2 Å². The Morgan fingerprint density at radius 2 is 1.24 bits per heavy atom. The Hall–Kier alpha value is -5.04. The van der Waals surface area contributed by atoms with Crippen LogP contribution in [0.1, 0.15) is 120 Å². The van der Waals surface area contributed by atoms with E-state index < -0.39 is 5.41 Å². The molecule has 348 valence electrons. The number of hydrogen-bond acceptors (Lipinski definition) is 4. The van der Waals surface area contributed by atoms with Crippen LogP contribution in [0.25, 0.3) is 40.5 Å². The van der Waals surface area contributed by atoms with Crippen molar-refractivity contribution in [3.63, 3.8) is 0 Å². The zero-order valence-electron chi connectivity index (χ0n) is 40.6. The summed E-state index contributed by atoms with van der Waals surface area (Å²) in [4.78, 5) is 0. The Morgan fingerprint density at radius 3 is 1.85 bits per heavy atom. The van der Waals surface area contributed by atoms with Gasteiger partial charge in [0.25, 0.3) is 0 Å². The van der Waals surface area contributed by atoms with E-state index in [4.69, 9.17) is 18.9 Å². The number of hydrogen-bond donors (Lipinski definition) is 0. The maximum atomic E-state index is 7.16. The molecule has 4 nitrogen and oxygen atoms in total. The van der Waals surface area contributed by atoms with E-state index in [1.54, 1.807) is 0 Å². The molecule has 1 heterocycles. The number of ether oxygens (including phenoxy) is 4. The van der Waals surface area contributed by atoms with Crippen LogP contribution in [0.5, 0.6) is 23.0 Å². The van der Waals surface area contributed by atoms with Gasteiger partial charge < -0.3 is 18.9 Å². The fourth-order valence-electron chi connectivity index (χ4n) is 9.61. The Morgan fingerprint density at radius 1 is 0.672 bits per heavy atom. The second-order valence-corrected chi connectivity index (χ2v) is 20.8. The highest BCUT2D eigenvalue weighted by Gasteiger charge is 2.53. The zero-order chi connectivity index (χ0) is 47.4. The molecule has 6 atom stereocenters. The molecule has 8 rings (SSSR count). The third-order valence-corrected chi connectivity index (χ3v) is 15.6. The number of benzene rings is 5. The van der Waals surface area contributed by atoms with Crippen molar-refractivity contribution < 1.29 is 18.9 Å². The number of rotatable bonds is 17. The quantitative estimate of drug-likeness (QED) is 0.0673. The minimum atomic E-state index is -0.733. The molecular formula is C61H66Br2O4. The minimum Gasteiger partial charge on any atom is -0.489 e. The summed E-state index contributed by atoms with van der Waals surface area (Å²) in [6, 6.07) is 31.5. The van der Waals surface area contributed by atoms with Gasteiger partial charge in [0.05, 0.1) is 25.2 Å². The van der Waals surface area contributed by atoms with Crippen molar-refractivity contribution in [1.82, 2.24) is 0 Å². The molecule has 0 aromatic heterocycles. The van der Waals surface area contributed by atoms with Crippen LogP contribution in [0.2, 0.25) is 0 Å². The van der Waals surface area contributed by atoms with E-state index in [0.29, 0.717) is 37.6 Å². The van der Waals surface area contributed by atoms with Crippen molar-refractivity contribution in [2.24, 2.45) is 23.7 Å². The summed E-state index contributed by atoms with van der Waals surface area (Å²) >= 11 is 7.21. The predicted molar refractivity (Wildman–Crippen MR) is 289 cm³/mol. The smallest absolute Gasteiger partial charge is 0.162 e. The molecule has 1 aliphatic heterocycles.